The van der Waals surface area contributed by atoms with E-state index in [1.54, 1.807) is 6.92 Å². The Morgan fingerprint density at radius 1 is 1.03 bits per heavy atom. The molecule has 3 amide bonds. The predicted molar refractivity (Wildman–Crippen MR) is 120 cm³/mol. The number of halogens is 2. The van der Waals surface area contributed by atoms with Crippen LogP contribution in [0.3, 0.4) is 0 Å². The van der Waals surface area contributed by atoms with Crippen LogP contribution in [0.1, 0.15) is 25.7 Å². The molecule has 3 N–H and O–H groups in total. The van der Waals surface area contributed by atoms with Crippen LogP contribution in [0, 0.1) is 6.92 Å². The van der Waals surface area contributed by atoms with Gasteiger partial charge < -0.3 is 14.8 Å². The van der Waals surface area contributed by atoms with Gasteiger partial charge in [0.05, 0.1) is 19.3 Å². The van der Waals surface area contributed by atoms with E-state index in [4.69, 9.17) is 4.74 Å². The molecule has 0 spiro atoms. The lowest BCUT2D eigenvalue weighted by molar-refractivity contribution is -0.120. The molecule has 0 fully saturated rings. The number of alkyl halides is 2. The van der Waals surface area contributed by atoms with E-state index in [1.807, 2.05) is 30.3 Å². The number of amides is 3. The van der Waals surface area contributed by atoms with Gasteiger partial charge in [0, 0.05) is 11.1 Å². The lowest BCUT2D eigenvalue weighted by atomic mass is 10.2. The van der Waals surface area contributed by atoms with Gasteiger partial charge in [-0.2, -0.15) is 8.78 Å². The number of aromatic nitrogens is 1. The fourth-order valence-corrected chi connectivity index (χ4v) is 3.77. The van der Waals surface area contributed by atoms with Crippen molar-refractivity contribution < 1.29 is 32.6 Å². The van der Waals surface area contributed by atoms with Gasteiger partial charge >= 0.3 is 6.61 Å². The van der Waals surface area contributed by atoms with Gasteiger partial charge in [-0.25, -0.2) is 4.98 Å². The minimum atomic E-state index is -3.05. The number of rotatable bonds is 8. The molecular formula is C22H20F2N4O5S. The number of nitrogens with one attached hydrogen (secondary N) is 3. The van der Waals surface area contributed by atoms with Crippen LogP contribution in [-0.2, 0) is 4.79 Å². The number of benzene rings is 2. The van der Waals surface area contributed by atoms with E-state index < -0.39 is 30.9 Å². The molecule has 0 saturated heterocycles. The molecule has 0 atom stereocenters. The van der Waals surface area contributed by atoms with E-state index in [0.29, 0.717) is 15.6 Å². The van der Waals surface area contributed by atoms with E-state index in [0.717, 1.165) is 11.6 Å². The number of aryl methyl sites for hydroxylation is 1. The molecule has 0 radical (unpaired) electrons. The summed E-state index contributed by atoms with van der Waals surface area (Å²) in [6.45, 7) is -1.81. The molecule has 1 aromatic heterocycles. The maximum Gasteiger partial charge on any atom is 0.387 e. The number of carbonyl (C=O) groups is 3. The first-order chi connectivity index (χ1) is 16.3. The van der Waals surface area contributed by atoms with Crippen molar-refractivity contribution in [2.75, 3.05) is 13.7 Å². The maximum absolute atomic E-state index is 12.4. The third kappa shape index (κ3) is 6.25. The predicted octanol–water partition coefficient (Wildman–Crippen LogP) is 2.92. The highest BCUT2D eigenvalue weighted by Crippen LogP contribution is 2.29. The minimum Gasteiger partial charge on any atom is -0.493 e. The summed E-state index contributed by atoms with van der Waals surface area (Å²) >= 11 is 1.18. The van der Waals surface area contributed by atoms with Crippen molar-refractivity contribution in [2.24, 2.45) is 0 Å². The number of hydrogen-bond acceptors (Lipinski definition) is 7. The van der Waals surface area contributed by atoms with E-state index >= 15 is 0 Å². The Morgan fingerprint density at radius 2 is 1.76 bits per heavy atom. The normalized spacial score (nSPS) is 10.5. The average molecular weight is 490 g/mol. The van der Waals surface area contributed by atoms with E-state index in [9.17, 15) is 23.2 Å². The molecule has 0 bridgehead atoms. The van der Waals surface area contributed by atoms with Crippen molar-refractivity contribution in [1.82, 2.24) is 21.2 Å². The summed E-state index contributed by atoms with van der Waals surface area (Å²) < 4.78 is 34.1. The number of methoxy groups -OCH3 is 1. The van der Waals surface area contributed by atoms with Gasteiger partial charge in [-0.05, 0) is 25.1 Å². The summed E-state index contributed by atoms with van der Waals surface area (Å²) in [5, 5.41) is 3.02. The Morgan fingerprint density at radius 3 is 2.44 bits per heavy atom. The zero-order chi connectivity index (χ0) is 24.7. The van der Waals surface area contributed by atoms with Crippen molar-refractivity contribution in [3.05, 3.63) is 64.7 Å². The summed E-state index contributed by atoms with van der Waals surface area (Å²) in [6, 6.07) is 12.9. The second-order valence-electron chi connectivity index (χ2n) is 6.73. The molecule has 0 aliphatic rings. The third-order valence-corrected chi connectivity index (χ3v) is 5.60. The number of thiazole rings is 1. The van der Waals surface area contributed by atoms with Crippen LogP contribution in [0.5, 0.6) is 11.5 Å². The van der Waals surface area contributed by atoms with Crippen LogP contribution >= 0.6 is 11.3 Å². The lowest BCUT2D eigenvalue weighted by Gasteiger charge is -2.12. The summed E-state index contributed by atoms with van der Waals surface area (Å²) in [4.78, 5) is 41.5. The Hall–Kier alpha value is -4.06. The number of carbonyl (C=O) groups excluding carboxylic acids is 3. The molecule has 0 aliphatic carbocycles. The van der Waals surface area contributed by atoms with Gasteiger partial charge in [0.2, 0.25) is 0 Å². The first-order valence-corrected chi connectivity index (χ1v) is 10.6. The Balaban J connectivity index is 1.52. The minimum absolute atomic E-state index is 0.0593. The molecule has 12 heteroatoms. The summed E-state index contributed by atoms with van der Waals surface area (Å²) in [5.74, 6) is -2.19. The standard InChI is InChI=1S/C22H20F2N4O5S/c1-12-18(34-21(26-12)13-6-4-3-5-7-13)20(31)28-27-17(29)11-25-19(30)14-8-9-15(33-22(23)24)16(10-14)32-2/h3-10,22H,11H2,1-2H3,(H,25,30)(H,27,29)(H,28,31). The lowest BCUT2D eigenvalue weighted by Crippen LogP contribution is -2.46. The van der Waals surface area contributed by atoms with Crippen LogP contribution < -0.4 is 25.6 Å². The van der Waals surface area contributed by atoms with Gasteiger partial charge in [-0.3, -0.25) is 25.2 Å². The van der Waals surface area contributed by atoms with Crippen LogP contribution in [0.25, 0.3) is 10.6 Å². The van der Waals surface area contributed by atoms with Gasteiger partial charge in [0.1, 0.15) is 9.88 Å². The topological polar surface area (TPSA) is 119 Å². The summed E-state index contributed by atoms with van der Waals surface area (Å²) in [5.41, 5.74) is 5.94. The SMILES string of the molecule is COc1cc(C(=O)NCC(=O)NNC(=O)c2sc(-c3ccccc3)nc2C)ccc1OC(F)F. The highest BCUT2D eigenvalue weighted by atomic mass is 32.1. The number of ether oxygens (including phenoxy) is 2. The van der Waals surface area contributed by atoms with Gasteiger partial charge in [0.15, 0.2) is 11.5 Å². The van der Waals surface area contributed by atoms with Crippen LogP contribution in [-0.4, -0.2) is 43.0 Å². The molecule has 178 valence electrons. The number of nitrogens with zero attached hydrogens (tertiary/aromatic N) is 1. The zero-order valence-electron chi connectivity index (χ0n) is 18.1. The highest BCUT2D eigenvalue weighted by Gasteiger charge is 2.18. The monoisotopic (exact) mass is 490 g/mol. The molecule has 0 unspecified atom stereocenters. The molecule has 34 heavy (non-hydrogen) atoms. The first-order valence-electron chi connectivity index (χ1n) is 9.81. The quantitative estimate of drug-likeness (QED) is 0.418. The van der Waals surface area contributed by atoms with Gasteiger partial charge in [-0.15, -0.1) is 11.3 Å². The second-order valence-corrected chi connectivity index (χ2v) is 7.73. The van der Waals surface area contributed by atoms with Crippen LogP contribution in [0.15, 0.2) is 48.5 Å². The van der Waals surface area contributed by atoms with E-state index in [2.05, 4.69) is 25.9 Å². The van der Waals surface area contributed by atoms with Crippen molar-refractivity contribution in [1.29, 1.82) is 0 Å². The van der Waals surface area contributed by atoms with Gasteiger partial charge in [0.25, 0.3) is 17.7 Å². The smallest absolute Gasteiger partial charge is 0.387 e. The van der Waals surface area contributed by atoms with Crippen molar-refractivity contribution in [3.63, 3.8) is 0 Å². The Kier molecular flexibility index (Phi) is 8.09. The first kappa shape index (κ1) is 24.6. The number of hydrazine groups is 1. The van der Waals surface area contributed by atoms with E-state index in [-0.39, 0.29) is 17.1 Å². The molecule has 1 heterocycles. The van der Waals surface area contributed by atoms with Crippen LogP contribution in [0.4, 0.5) is 8.78 Å². The molecule has 3 rings (SSSR count). The van der Waals surface area contributed by atoms with Crippen molar-refractivity contribution in [3.8, 4) is 22.1 Å². The summed E-state index contributed by atoms with van der Waals surface area (Å²) in [7, 11) is 1.24. The van der Waals surface area contributed by atoms with E-state index in [1.165, 1.54) is 30.6 Å². The molecule has 2 aromatic carbocycles. The second kappa shape index (κ2) is 11.2. The van der Waals surface area contributed by atoms with Crippen molar-refractivity contribution in [2.45, 2.75) is 13.5 Å². The number of hydrogen-bond donors (Lipinski definition) is 3. The highest BCUT2D eigenvalue weighted by molar-refractivity contribution is 7.17. The van der Waals surface area contributed by atoms with Gasteiger partial charge in [-0.1, -0.05) is 30.3 Å². The average Bonchev–Trinajstić information content (AvgIpc) is 3.23. The molecule has 0 saturated carbocycles. The largest absolute Gasteiger partial charge is 0.493 e. The van der Waals surface area contributed by atoms with Crippen molar-refractivity contribution >= 4 is 29.1 Å². The maximum atomic E-state index is 12.4. The fraction of sp³-hybridized carbons (Fsp3) is 0.182. The molecule has 3 aromatic rings. The van der Waals surface area contributed by atoms with Crippen LogP contribution in [0.2, 0.25) is 0 Å². The molecular weight excluding hydrogens is 470 g/mol. The molecule has 0 aliphatic heterocycles. The summed E-state index contributed by atoms with van der Waals surface area (Å²) in [6.07, 6.45) is 0. The third-order valence-electron chi connectivity index (χ3n) is 4.39. The Bertz CT molecular complexity index is 1190. The fourth-order valence-electron chi connectivity index (χ4n) is 2.80. The molecule has 9 nitrogen and oxygen atoms in total. The Labute approximate surface area is 197 Å². The zero-order valence-corrected chi connectivity index (χ0v) is 18.9.